The smallest absolute Gasteiger partial charge is 0.424 e. The number of hydrogen-bond acceptors (Lipinski definition) is 8. The zero-order valence-corrected chi connectivity index (χ0v) is 48.0. The van der Waals surface area contributed by atoms with Crippen LogP contribution in [-0.2, 0) is 27.2 Å². The molecular weight excluding hydrogens is 954 g/mol. The number of ether oxygens (including phenoxy) is 2. The minimum absolute atomic E-state index is 0.299. The lowest BCUT2D eigenvalue weighted by atomic mass is 9.81. The highest BCUT2D eigenvalue weighted by atomic mass is 79.9. The van der Waals surface area contributed by atoms with Crippen LogP contribution in [0.2, 0.25) is 0 Å². The highest BCUT2D eigenvalue weighted by Gasteiger charge is 2.34. The van der Waals surface area contributed by atoms with E-state index in [2.05, 4.69) is 157 Å². The molecule has 0 atom stereocenters. The Bertz CT molecular complexity index is 2210. The number of halogens is 2. The number of aryl methyl sites for hydroxylation is 2. The van der Waals surface area contributed by atoms with Crippen LogP contribution in [0.25, 0.3) is 22.3 Å². The average molecular weight is 1040 g/mol. The van der Waals surface area contributed by atoms with Gasteiger partial charge in [-0.15, -0.1) is 0 Å². The summed E-state index contributed by atoms with van der Waals surface area (Å²) in [5.74, 6) is 4.11. The lowest BCUT2D eigenvalue weighted by Gasteiger charge is -2.27. The fourth-order valence-electron chi connectivity index (χ4n) is 7.79. The first kappa shape index (κ1) is 59.7. The molecule has 0 aliphatic rings. The number of hydrogen-bond donors (Lipinski definition) is 0. The summed E-state index contributed by atoms with van der Waals surface area (Å²) in [7, 11) is -0.185. The van der Waals surface area contributed by atoms with Gasteiger partial charge in [0.2, 0.25) is 0 Å². The largest absolute Gasteiger partial charge is 0.496 e. The van der Waals surface area contributed by atoms with Crippen molar-refractivity contribution in [2.75, 3.05) is 40.6 Å². The van der Waals surface area contributed by atoms with E-state index < -0.39 is 14.5 Å². The van der Waals surface area contributed by atoms with Crippen LogP contribution in [0.5, 0.6) is 11.5 Å². The monoisotopic (exact) mass is 1030 g/mol. The number of rotatable bonds is 19. The summed E-state index contributed by atoms with van der Waals surface area (Å²) in [6, 6.07) is 17.7. The van der Waals surface area contributed by atoms with Gasteiger partial charge in [0.1, 0.15) is 11.5 Å². The SMILES string of the molecule is CCOP(=O)(Cl)OCC.CCOP(=O)(OCC)c1cc(OC)c(C)cc1-c1c(C(C)C)cc(C(C)C)cc1C(C)C.COc1cc(Br)c(-c2c(C(C)C)cc(C(C)C)cc2C(C)C)cc1C. The van der Waals surface area contributed by atoms with Crippen molar-refractivity contribution in [1.82, 2.24) is 0 Å². The van der Waals surface area contributed by atoms with Crippen molar-refractivity contribution in [1.29, 1.82) is 0 Å². The Balaban J connectivity index is 0.000000390. The predicted octanol–water partition coefficient (Wildman–Crippen LogP) is 18.1. The average Bonchev–Trinajstić information content (AvgIpc) is 3.23. The first-order valence-corrected chi connectivity index (χ1v) is 28.4. The molecule has 12 heteroatoms. The molecule has 0 aromatic heterocycles. The predicted molar refractivity (Wildman–Crippen MR) is 286 cm³/mol. The molecular formula is C54H82BrClO8P2. The molecule has 0 saturated carbocycles. The van der Waals surface area contributed by atoms with Crippen molar-refractivity contribution >= 4 is 47.0 Å². The molecule has 4 rings (SSSR count). The maximum Gasteiger partial charge on any atom is 0.424 e. The Hall–Kier alpha value is -2.45. The third-order valence-corrected chi connectivity index (χ3v) is 15.8. The summed E-state index contributed by atoms with van der Waals surface area (Å²) >= 11 is 9.04. The van der Waals surface area contributed by atoms with Gasteiger partial charge in [0.15, 0.2) is 0 Å². The van der Waals surface area contributed by atoms with Crippen molar-refractivity contribution in [2.45, 2.75) is 160 Å². The summed E-state index contributed by atoms with van der Waals surface area (Å²) < 4.78 is 57.7. The first-order valence-electron chi connectivity index (χ1n) is 23.7. The third kappa shape index (κ3) is 15.8. The van der Waals surface area contributed by atoms with E-state index in [1.54, 1.807) is 28.1 Å². The quantitative estimate of drug-likeness (QED) is 0.0858. The van der Waals surface area contributed by atoms with Crippen molar-refractivity contribution in [3.05, 3.63) is 97.5 Å². The highest BCUT2D eigenvalue weighted by molar-refractivity contribution is 9.10. The molecule has 0 saturated heterocycles. The Kier molecular flexibility index (Phi) is 24.5. The molecule has 4 aromatic rings. The molecule has 0 aliphatic heterocycles. The zero-order chi connectivity index (χ0) is 50.4. The van der Waals surface area contributed by atoms with Crippen LogP contribution in [0, 0.1) is 13.8 Å². The van der Waals surface area contributed by atoms with E-state index in [-0.39, 0.29) is 0 Å². The van der Waals surface area contributed by atoms with Crippen molar-refractivity contribution in [3.8, 4) is 33.8 Å². The first-order chi connectivity index (χ1) is 30.8. The summed E-state index contributed by atoms with van der Waals surface area (Å²) in [6.07, 6.45) is 0. The van der Waals surface area contributed by atoms with E-state index in [9.17, 15) is 9.13 Å². The summed E-state index contributed by atoms with van der Waals surface area (Å²) in [6.45, 7) is 36.2. The molecule has 0 N–H and O–H groups in total. The maximum absolute atomic E-state index is 14.0. The Morgan fingerprint density at radius 1 is 0.485 bits per heavy atom. The molecule has 370 valence electrons. The van der Waals surface area contributed by atoms with Gasteiger partial charge in [-0.25, -0.2) is 4.57 Å². The van der Waals surface area contributed by atoms with E-state index in [0.717, 1.165) is 32.5 Å². The fraction of sp³-hybridized carbons (Fsp3) is 0.556. The topological polar surface area (TPSA) is 89.5 Å². The molecule has 0 bridgehead atoms. The van der Waals surface area contributed by atoms with E-state index in [4.69, 9.17) is 29.8 Å². The van der Waals surface area contributed by atoms with Crippen LogP contribution >= 0.6 is 41.7 Å². The molecule has 0 aliphatic carbocycles. The molecule has 0 fully saturated rings. The molecule has 8 nitrogen and oxygen atoms in total. The van der Waals surface area contributed by atoms with E-state index in [1.807, 2.05) is 26.8 Å². The second kappa shape index (κ2) is 27.1. The molecule has 0 amide bonds. The van der Waals surface area contributed by atoms with Crippen molar-refractivity contribution < 1.29 is 36.7 Å². The second-order valence-corrected chi connectivity index (χ2v) is 23.8. The van der Waals surface area contributed by atoms with Crippen LogP contribution in [0.3, 0.4) is 0 Å². The Morgan fingerprint density at radius 2 is 0.803 bits per heavy atom. The molecule has 0 radical (unpaired) electrons. The second-order valence-electron chi connectivity index (χ2n) is 18.3. The number of benzene rings is 4. The van der Waals surface area contributed by atoms with Crippen LogP contribution in [0.1, 0.15) is 191 Å². The molecule has 0 unspecified atom stereocenters. The van der Waals surface area contributed by atoms with Gasteiger partial charge in [0, 0.05) is 15.7 Å². The lowest BCUT2D eigenvalue weighted by molar-refractivity contribution is 0.229. The molecule has 0 spiro atoms. The minimum Gasteiger partial charge on any atom is -0.496 e. The van der Waals surface area contributed by atoms with Crippen LogP contribution in [0.4, 0.5) is 0 Å². The van der Waals surface area contributed by atoms with Gasteiger partial charge in [-0.2, -0.15) is 0 Å². The molecule has 66 heavy (non-hydrogen) atoms. The third-order valence-electron chi connectivity index (χ3n) is 11.3. The zero-order valence-electron chi connectivity index (χ0n) is 43.8. The van der Waals surface area contributed by atoms with Gasteiger partial charge < -0.3 is 18.5 Å². The van der Waals surface area contributed by atoms with E-state index >= 15 is 0 Å². The highest BCUT2D eigenvalue weighted by Crippen LogP contribution is 2.54. The summed E-state index contributed by atoms with van der Waals surface area (Å²) in [4.78, 5) is 0. The fourth-order valence-corrected chi connectivity index (χ4v) is 11.4. The van der Waals surface area contributed by atoms with E-state index in [1.165, 1.54) is 44.5 Å². The lowest BCUT2D eigenvalue weighted by Crippen LogP contribution is -2.17. The van der Waals surface area contributed by atoms with Crippen molar-refractivity contribution in [2.24, 2.45) is 0 Å². The van der Waals surface area contributed by atoms with Crippen LogP contribution in [-0.4, -0.2) is 40.6 Å². The number of methoxy groups -OCH3 is 2. The van der Waals surface area contributed by atoms with Gasteiger partial charge >= 0.3 is 14.5 Å². The van der Waals surface area contributed by atoms with Crippen LogP contribution < -0.4 is 14.8 Å². The Labute approximate surface area is 413 Å². The van der Waals surface area contributed by atoms with Gasteiger partial charge in [0.05, 0.1) is 46.0 Å². The van der Waals surface area contributed by atoms with Gasteiger partial charge in [-0.1, -0.05) is 123 Å². The van der Waals surface area contributed by atoms with E-state index in [0.29, 0.717) is 73.0 Å². The van der Waals surface area contributed by atoms with Gasteiger partial charge in [0.25, 0.3) is 0 Å². The molecule has 4 aromatic carbocycles. The maximum atomic E-state index is 14.0. The van der Waals surface area contributed by atoms with Crippen molar-refractivity contribution in [3.63, 3.8) is 0 Å². The summed E-state index contributed by atoms with van der Waals surface area (Å²) in [5.41, 5.74) is 15.0. The minimum atomic E-state index is -3.55. The van der Waals surface area contributed by atoms with Gasteiger partial charge in [-0.3, -0.25) is 13.6 Å². The molecule has 0 heterocycles. The van der Waals surface area contributed by atoms with Crippen LogP contribution in [0.15, 0.2) is 53.0 Å². The normalized spacial score (nSPS) is 12.0. The summed E-state index contributed by atoms with van der Waals surface area (Å²) in [5, 5.41) is 0.574. The standard InChI is InChI=1S/C27H41O4P.C23H31BrO.C4H10ClO3P/c1-11-30-32(28,31-12-2)26-16-25(29-10)20(9)13-24(26)27-22(18(5)6)14-21(17(3)4)15-23(27)19(7)8;1-13(2)17-10-18(14(3)4)23(19(11-17)15(5)6)20-9-16(7)22(25-8)12-21(20)24;1-3-7-9(5,6)8-4-2/h13-19H,11-12H2,1-10H3;9-15H,1-8H3;3-4H2,1-2H3. The Morgan fingerprint density at radius 3 is 1.11 bits per heavy atom. The van der Waals surface area contributed by atoms with Gasteiger partial charge in [-0.05, 0) is 168 Å².